The number of allylic oxidation sites excluding steroid dienone is 2. The van der Waals surface area contributed by atoms with Gasteiger partial charge in [-0.25, -0.2) is 0 Å². The molecule has 5 bridgehead atoms. The van der Waals surface area contributed by atoms with Crippen LogP contribution in [0.15, 0.2) is 41.2 Å². The number of rotatable bonds is 4. The number of aliphatic hydroxyl groups excluding tert-OH is 3. The number of ether oxygens (including phenoxy) is 3. The van der Waals surface area contributed by atoms with Gasteiger partial charge in [0.2, 0.25) is 0 Å². The summed E-state index contributed by atoms with van der Waals surface area (Å²) in [7, 11) is 1.45. The van der Waals surface area contributed by atoms with Gasteiger partial charge in [-0.05, 0) is 32.8 Å². The Bertz CT molecular complexity index is 2070. The Hall–Kier alpha value is -4.67. The molecule has 1 amide bonds. The first-order valence-electron chi connectivity index (χ1n) is 21.0. The van der Waals surface area contributed by atoms with Crippen LogP contribution in [-0.4, -0.2) is 128 Å². The van der Waals surface area contributed by atoms with E-state index in [-0.39, 0.29) is 44.5 Å². The number of hydrazone groups is 1. The SMILES string of the molecule is COC1C=COC2(C)Oc3c(C)c(O)c4c(O)c(c(/C=N/N5CCN(C6CCCC6)CC5)c(O)c4c3C2=O)NC(=O)C(C)=CC=CC(C)C(O)C(C)C(O)C(C)C(O)C1C. The molecule has 1 aliphatic carbocycles. The summed E-state index contributed by atoms with van der Waals surface area (Å²) in [5, 5.41) is 78.4. The Balaban J connectivity index is 1.46. The maximum atomic E-state index is 14.4. The number of amides is 1. The van der Waals surface area contributed by atoms with E-state index in [2.05, 4.69) is 15.3 Å². The highest BCUT2D eigenvalue weighted by molar-refractivity contribution is 6.23. The first-order valence-corrected chi connectivity index (χ1v) is 21.0. The van der Waals surface area contributed by atoms with Crippen LogP contribution in [0.2, 0.25) is 0 Å². The third kappa shape index (κ3) is 8.47. The van der Waals surface area contributed by atoms with E-state index in [0.29, 0.717) is 19.1 Å². The molecule has 0 aromatic heterocycles. The molecule has 1 saturated heterocycles. The number of nitrogens with zero attached hydrogens (tertiary/aromatic N) is 3. The minimum absolute atomic E-state index is 0.0742. The van der Waals surface area contributed by atoms with Gasteiger partial charge in [-0.3, -0.25) is 19.5 Å². The van der Waals surface area contributed by atoms with Gasteiger partial charge < -0.3 is 50.2 Å². The van der Waals surface area contributed by atoms with Gasteiger partial charge in [0, 0.05) is 86.4 Å². The van der Waals surface area contributed by atoms with Crippen LogP contribution in [0.3, 0.4) is 0 Å². The number of hydrogen-bond donors (Lipinski definition) is 7. The number of benzene rings is 2. The predicted molar refractivity (Wildman–Crippen MR) is 227 cm³/mol. The molecule has 2 aromatic rings. The Morgan fingerprint density at radius 1 is 0.867 bits per heavy atom. The Morgan fingerprint density at radius 3 is 2.15 bits per heavy atom. The molecule has 2 aromatic carbocycles. The van der Waals surface area contributed by atoms with Crippen molar-refractivity contribution in [1.29, 1.82) is 0 Å². The number of aliphatic hydroxyl groups is 3. The van der Waals surface area contributed by atoms with E-state index in [1.54, 1.807) is 46.8 Å². The summed E-state index contributed by atoms with van der Waals surface area (Å²) in [6, 6.07) is 0.561. The molecular formula is C45H62N4O11. The number of carbonyl (C=O) groups is 2. The van der Waals surface area contributed by atoms with Crippen LogP contribution in [0.5, 0.6) is 23.0 Å². The smallest absolute Gasteiger partial charge is 0.312 e. The van der Waals surface area contributed by atoms with Crippen molar-refractivity contribution in [2.45, 2.75) is 110 Å². The van der Waals surface area contributed by atoms with Gasteiger partial charge in [0.15, 0.2) is 5.75 Å². The molecule has 7 N–H and O–H groups in total. The Morgan fingerprint density at radius 2 is 1.50 bits per heavy atom. The lowest BCUT2D eigenvalue weighted by Gasteiger charge is -2.36. The first-order chi connectivity index (χ1) is 28.4. The molecule has 328 valence electrons. The van der Waals surface area contributed by atoms with E-state index >= 15 is 0 Å². The van der Waals surface area contributed by atoms with Crippen molar-refractivity contribution in [3.8, 4) is 23.0 Å². The number of anilines is 1. The molecule has 4 aliphatic heterocycles. The van der Waals surface area contributed by atoms with Crippen molar-refractivity contribution in [3.63, 3.8) is 0 Å². The first kappa shape index (κ1) is 44.9. The number of fused-ring (bicyclic) bond motifs is 14. The molecule has 60 heavy (non-hydrogen) atoms. The van der Waals surface area contributed by atoms with E-state index in [1.807, 2.05) is 5.01 Å². The van der Waals surface area contributed by atoms with Crippen molar-refractivity contribution in [1.82, 2.24) is 9.91 Å². The number of phenolic OH excluding ortho intramolecular Hbond substituents is 3. The summed E-state index contributed by atoms with van der Waals surface area (Å²) in [4.78, 5) is 30.7. The fraction of sp³-hybridized carbons (Fsp3) is 0.578. The number of methoxy groups -OCH3 is 1. The minimum atomic E-state index is -2.01. The van der Waals surface area contributed by atoms with Gasteiger partial charge in [-0.1, -0.05) is 58.8 Å². The van der Waals surface area contributed by atoms with Gasteiger partial charge in [-0.2, -0.15) is 5.10 Å². The monoisotopic (exact) mass is 834 g/mol. The maximum absolute atomic E-state index is 14.4. The number of phenols is 3. The van der Waals surface area contributed by atoms with E-state index < -0.39 is 82.8 Å². The lowest BCUT2D eigenvalue weighted by molar-refractivity contribution is -0.112. The molecular weight excluding hydrogens is 773 g/mol. The van der Waals surface area contributed by atoms with Crippen molar-refractivity contribution in [2.24, 2.45) is 28.8 Å². The highest BCUT2D eigenvalue weighted by Crippen LogP contribution is 2.55. The van der Waals surface area contributed by atoms with Gasteiger partial charge in [0.25, 0.3) is 11.7 Å². The molecule has 0 radical (unpaired) electrons. The topological polar surface area (TPSA) is 214 Å². The fourth-order valence-electron chi connectivity index (χ4n) is 9.08. The molecule has 0 spiro atoms. The summed E-state index contributed by atoms with van der Waals surface area (Å²) in [6.07, 6.45) is 9.71. The average Bonchev–Trinajstić information content (AvgIpc) is 3.87. The standard InChI is InChI=1S/C45H62N4O11/c1-23-12-11-13-24(2)44(57)47-35-30(22-46-49-19-17-48(18-20-49)29-14-9-10-15-29)40(54)32-33(41(35)55)39(53)28(6)42-34(32)43(56)45(7,60-42)59-21-16-31(58-8)25(3)37(51)27(5)38(52)26(4)36(23)50/h11-13,16,21-23,25-27,29,31,36-38,50-55H,9-10,14-15,17-20H2,1-8H3,(H,47,57)/b12-11?,21-16?,24-13?,46-22+. The van der Waals surface area contributed by atoms with E-state index in [9.17, 15) is 40.2 Å². The number of aromatic hydroxyl groups is 3. The minimum Gasteiger partial charge on any atom is -0.507 e. The van der Waals surface area contributed by atoms with Crippen LogP contribution < -0.4 is 10.1 Å². The zero-order valence-corrected chi connectivity index (χ0v) is 35.9. The molecule has 2 fully saturated rings. The second-order valence-electron chi connectivity index (χ2n) is 17.2. The van der Waals surface area contributed by atoms with Gasteiger partial charge >= 0.3 is 5.79 Å². The van der Waals surface area contributed by atoms with Gasteiger partial charge in [0.05, 0.1) is 59.1 Å². The van der Waals surface area contributed by atoms with Crippen LogP contribution in [0, 0.1) is 30.6 Å². The Labute approximate surface area is 351 Å². The predicted octanol–water partition coefficient (Wildman–Crippen LogP) is 5.08. The number of ketones is 1. The summed E-state index contributed by atoms with van der Waals surface area (Å²) < 4.78 is 17.8. The highest BCUT2D eigenvalue weighted by atomic mass is 16.7. The van der Waals surface area contributed by atoms with Crippen LogP contribution in [0.25, 0.3) is 10.8 Å². The Kier molecular flexibility index (Phi) is 13.6. The third-order valence-electron chi connectivity index (χ3n) is 13.3. The van der Waals surface area contributed by atoms with Gasteiger partial charge in [0.1, 0.15) is 17.2 Å². The second-order valence-corrected chi connectivity index (χ2v) is 17.2. The van der Waals surface area contributed by atoms with Crippen LogP contribution in [0.1, 0.15) is 88.7 Å². The largest absolute Gasteiger partial charge is 0.507 e. The fourth-order valence-corrected chi connectivity index (χ4v) is 9.08. The molecule has 1 saturated carbocycles. The molecule has 4 heterocycles. The molecule has 7 rings (SSSR count). The molecule has 15 heteroatoms. The summed E-state index contributed by atoms with van der Waals surface area (Å²) in [5.41, 5.74) is -0.233. The number of nitrogens with one attached hydrogen (secondary N) is 1. The maximum Gasteiger partial charge on any atom is 0.312 e. The van der Waals surface area contributed by atoms with Crippen molar-refractivity contribution < 1.29 is 54.4 Å². The summed E-state index contributed by atoms with van der Waals surface area (Å²) in [6.45, 7) is 14.1. The number of Topliss-reactive ketones (excluding diaryl/α,β-unsaturated/α-hetero) is 1. The molecule has 9 atom stereocenters. The van der Waals surface area contributed by atoms with Crippen molar-refractivity contribution in [3.05, 3.63) is 52.8 Å². The quantitative estimate of drug-likeness (QED) is 0.122. The van der Waals surface area contributed by atoms with Crippen molar-refractivity contribution >= 4 is 34.4 Å². The van der Waals surface area contributed by atoms with Gasteiger partial charge in [-0.15, -0.1) is 0 Å². The van der Waals surface area contributed by atoms with E-state index in [0.717, 1.165) is 13.1 Å². The van der Waals surface area contributed by atoms with Crippen molar-refractivity contribution in [2.75, 3.05) is 38.6 Å². The zero-order valence-electron chi connectivity index (χ0n) is 35.9. The number of piperazine rings is 1. The number of carbonyl (C=O) groups excluding carboxylic acids is 2. The van der Waals surface area contributed by atoms with Crippen LogP contribution in [-0.2, 0) is 14.3 Å². The summed E-state index contributed by atoms with van der Waals surface area (Å²) in [5.74, 6) is -7.52. The van der Waals surface area contributed by atoms with E-state index in [4.69, 9.17) is 14.2 Å². The average molecular weight is 835 g/mol. The van der Waals surface area contributed by atoms with Crippen LogP contribution in [0.4, 0.5) is 5.69 Å². The highest BCUT2D eigenvalue weighted by Gasteiger charge is 2.50. The van der Waals surface area contributed by atoms with Crippen LogP contribution >= 0.6 is 0 Å². The second kappa shape index (κ2) is 18.1. The lowest BCUT2D eigenvalue weighted by atomic mass is 9.78. The molecule has 15 nitrogen and oxygen atoms in total. The normalized spacial score (nSPS) is 31.6. The molecule has 9 unspecified atom stereocenters. The number of hydrogen-bond acceptors (Lipinski definition) is 14. The third-order valence-corrected chi connectivity index (χ3v) is 13.3. The summed E-state index contributed by atoms with van der Waals surface area (Å²) >= 11 is 0. The lowest BCUT2D eigenvalue weighted by Crippen LogP contribution is -2.47. The molecule has 5 aliphatic rings. The van der Waals surface area contributed by atoms with E-state index in [1.165, 1.54) is 71.3 Å². The zero-order chi connectivity index (χ0) is 43.8.